The van der Waals surface area contributed by atoms with Crippen molar-refractivity contribution in [3.63, 3.8) is 0 Å². The molecule has 104 valence electrons. The summed E-state index contributed by atoms with van der Waals surface area (Å²) >= 11 is 0. The summed E-state index contributed by atoms with van der Waals surface area (Å²) in [6, 6.07) is 3.81. The zero-order valence-corrected chi connectivity index (χ0v) is 10.7. The number of H-pyrrole nitrogens is 1. The van der Waals surface area contributed by atoms with Crippen molar-refractivity contribution in [2.45, 2.75) is 6.54 Å². The van der Waals surface area contributed by atoms with Gasteiger partial charge in [0.25, 0.3) is 11.6 Å². The van der Waals surface area contributed by atoms with E-state index in [4.69, 9.17) is 5.73 Å². The van der Waals surface area contributed by atoms with E-state index in [9.17, 15) is 14.9 Å². The van der Waals surface area contributed by atoms with E-state index in [2.05, 4.69) is 10.2 Å². The van der Waals surface area contributed by atoms with Gasteiger partial charge in [-0.1, -0.05) is 0 Å². The van der Waals surface area contributed by atoms with E-state index in [-0.39, 0.29) is 22.8 Å². The van der Waals surface area contributed by atoms with Crippen LogP contribution in [-0.4, -0.2) is 33.0 Å². The molecule has 0 aliphatic heterocycles. The number of nitrogens with one attached hydrogen (secondary N) is 1. The number of nitrogen functional groups attached to an aromatic ring is 1. The lowest BCUT2D eigenvalue weighted by atomic mass is 10.1. The van der Waals surface area contributed by atoms with Crippen LogP contribution in [0.25, 0.3) is 0 Å². The third kappa shape index (κ3) is 2.74. The molecule has 0 bridgehead atoms. The number of aromatic nitrogens is 2. The van der Waals surface area contributed by atoms with Gasteiger partial charge in [0, 0.05) is 43.2 Å². The zero-order chi connectivity index (χ0) is 14.7. The molecular weight excluding hydrogens is 262 g/mol. The molecule has 0 unspecified atom stereocenters. The molecule has 0 radical (unpaired) electrons. The van der Waals surface area contributed by atoms with Crippen LogP contribution >= 0.6 is 0 Å². The molecule has 0 saturated carbocycles. The third-order valence-electron chi connectivity index (χ3n) is 2.80. The Morgan fingerprint density at radius 1 is 1.55 bits per heavy atom. The van der Waals surface area contributed by atoms with Gasteiger partial charge in [0.1, 0.15) is 0 Å². The van der Waals surface area contributed by atoms with Gasteiger partial charge >= 0.3 is 0 Å². The second-order valence-corrected chi connectivity index (χ2v) is 4.30. The van der Waals surface area contributed by atoms with Crippen LogP contribution in [0.15, 0.2) is 30.6 Å². The summed E-state index contributed by atoms with van der Waals surface area (Å²) < 4.78 is 0. The predicted octanol–water partition coefficient (Wildman–Crippen LogP) is 1.17. The second kappa shape index (κ2) is 5.39. The molecule has 1 amide bonds. The molecule has 2 aromatic rings. The van der Waals surface area contributed by atoms with Gasteiger partial charge in [0.05, 0.1) is 16.7 Å². The summed E-state index contributed by atoms with van der Waals surface area (Å²) in [6.07, 6.45) is 3.27. The highest BCUT2D eigenvalue weighted by atomic mass is 16.6. The quantitative estimate of drug-likeness (QED) is 0.493. The fraction of sp³-hybridized carbons (Fsp3) is 0.167. The number of benzene rings is 1. The highest BCUT2D eigenvalue weighted by molar-refractivity contribution is 5.99. The van der Waals surface area contributed by atoms with Crippen molar-refractivity contribution in [1.29, 1.82) is 0 Å². The zero-order valence-electron chi connectivity index (χ0n) is 10.7. The molecule has 8 nitrogen and oxygen atoms in total. The number of nitrogens with zero attached hydrogens (tertiary/aromatic N) is 3. The molecule has 0 aliphatic rings. The van der Waals surface area contributed by atoms with Crippen LogP contribution in [-0.2, 0) is 6.54 Å². The molecule has 0 atom stereocenters. The fourth-order valence-corrected chi connectivity index (χ4v) is 1.76. The molecule has 0 fully saturated rings. The molecule has 0 saturated heterocycles. The average Bonchev–Trinajstić information content (AvgIpc) is 2.91. The molecule has 1 heterocycles. The average molecular weight is 275 g/mol. The first-order valence-electron chi connectivity index (χ1n) is 5.76. The smallest absolute Gasteiger partial charge is 0.270 e. The number of nitro benzene ring substituents is 1. The van der Waals surface area contributed by atoms with Crippen LogP contribution in [0.4, 0.5) is 11.4 Å². The maximum atomic E-state index is 12.3. The number of non-ortho nitro benzene ring substituents is 1. The minimum atomic E-state index is -0.563. The van der Waals surface area contributed by atoms with E-state index in [1.54, 1.807) is 19.4 Å². The number of carbonyl (C=O) groups is 1. The number of amides is 1. The maximum Gasteiger partial charge on any atom is 0.270 e. The van der Waals surface area contributed by atoms with E-state index in [0.29, 0.717) is 6.54 Å². The van der Waals surface area contributed by atoms with Gasteiger partial charge in [-0.2, -0.15) is 5.10 Å². The van der Waals surface area contributed by atoms with Crippen LogP contribution in [0.5, 0.6) is 0 Å². The first-order chi connectivity index (χ1) is 9.49. The molecule has 1 aromatic carbocycles. The topological polar surface area (TPSA) is 118 Å². The Hall–Kier alpha value is -2.90. The Balaban J connectivity index is 2.23. The largest absolute Gasteiger partial charge is 0.398 e. The molecule has 20 heavy (non-hydrogen) atoms. The summed E-state index contributed by atoms with van der Waals surface area (Å²) in [7, 11) is 1.59. The fourth-order valence-electron chi connectivity index (χ4n) is 1.76. The van der Waals surface area contributed by atoms with Gasteiger partial charge in [-0.3, -0.25) is 20.0 Å². The van der Waals surface area contributed by atoms with E-state index in [0.717, 1.165) is 5.56 Å². The Labute approximate surface area is 114 Å². The highest BCUT2D eigenvalue weighted by Gasteiger charge is 2.18. The number of carbonyl (C=O) groups excluding carboxylic acids is 1. The van der Waals surface area contributed by atoms with E-state index in [1.165, 1.54) is 23.1 Å². The van der Waals surface area contributed by atoms with E-state index in [1.807, 2.05) is 0 Å². The first-order valence-corrected chi connectivity index (χ1v) is 5.76. The minimum Gasteiger partial charge on any atom is -0.398 e. The Morgan fingerprint density at radius 3 is 2.90 bits per heavy atom. The lowest BCUT2D eigenvalue weighted by Gasteiger charge is -2.17. The normalized spacial score (nSPS) is 10.2. The van der Waals surface area contributed by atoms with Gasteiger partial charge in [0.15, 0.2) is 0 Å². The molecule has 8 heteroatoms. The minimum absolute atomic E-state index is 0.116. The van der Waals surface area contributed by atoms with Gasteiger partial charge < -0.3 is 10.6 Å². The molecule has 3 N–H and O–H groups in total. The van der Waals surface area contributed by atoms with Gasteiger partial charge in [-0.05, 0) is 6.07 Å². The molecule has 1 aromatic heterocycles. The number of rotatable bonds is 4. The van der Waals surface area contributed by atoms with Gasteiger partial charge in [-0.25, -0.2) is 0 Å². The van der Waals surface area contributed by atoms with Crippen LogP contribution in [0, 0.1) is 10.1 Å². The van der Waals surface area contributed by atoms with Crippen molar-refractivity contribution in [3.8, 4) is 0 Å². The number of nitro groups is 1. The van der Waals surface area contributed by atoms with Crippen molar-refractivity contribution in [1.82, 2.24) is 15.1 Å². The SMILES string of the molecule is CN(Cc1cn[nH]c1)C(=O)c1cc([N+](=O)[O-])ccc1N. The third-order valence-corrected chi connectivity index (χ3v) is 2.80. The summed E-state index contributed by atoms with van der Waals surface area (Å²) in [6.45, 7) is 0.331. The Bertz CT molecular complexity index is 639. The molecule has 2 rings (SSSR count). The number of aromatic amines is 1. The van der Waals surface area contributed by atoms with Crippen molar-refractivity contribution in [2.75, 3.05) is 12.8 Å². The van der Waals surface area contributed by atoms with Gasteiger partial charge in [0.2, 0.25) is 0 Å². The van der Waals surface area contributed by atoms with Crippen LogP contribution in [0.3, 0.4) is 0 Å². The lowest BCUT2D eigenvalue weighted by Crippen LogP contribution is -2.26. The molecule has 0 spiro atoms. The van der Waals surface area contributed by atoms with Crippen LogP contribution in [0.2, 0.25) is 0 Å². The van der Waals surface area contributed by atoms with E-state index >= 15 is 0 Å². The maximum absolute atomic E-state index is 12.3. The summed E-state index contributed by atoms with van der Waals surface area (Å²) in [5.74, 6) is -0.382. The van der Waals surface area contributed by atoms with Crippen molar-refractivity contribution in [3.05, 3.63) is 51.8 Å². The Kier molecular flexibility index (Phi) is 3.65. The lowest BCUT2D eigenvalue weighted by molar-refractivity contribution is -0.384. The summed E-state index contributed by atoms with van der Waals surface area (Å²) in [5.41, 5.74) is 6.69. The highest BCUT2D eigenvalue weighted by Crippen LogP contribution is 2.21. The van der Waals surface area contributed by atoms with Crippen LogP contribution < -0.4 is 5.73 Å². The monoisotopic (exact) mass is 275 g/mol. The summed E-state index contributed by atoms with van der Waals surface area (Å²) in [5, 5.41) is 17.2. The number of hydrogen-bond acceptors (Lipinski definition) is 5. The van der Waals surface area contributed by atoms with E-state index < -0.39 is 4.92 Å². The van der Waals surface area contributed by atoms with Crippen LogP contribution in [0.1, 0.15) is 15.9 Å². The summed E-state index contributed by atoms with van der Waals surface area (Å²) in [4.78, 5) is 23.9. The Morgan fingerprint density at radius 2 is 2.30 bits per heavy atom. The van der Waals surface area contributed by atoms with Gasteiger partial charge in [-0.15, -0.1) is 0 Å². The first kappa shape index (κ1) is 13.5. The van der Waals surface area contributed by atoms with Crippen molar-refractivity contribution < 1.29 is 9.72 Å². The second-order valence-electron chi connectivity index (χ2n) is 4.30. The number of nitrogens with two attached hydrogens (primary N) is 1. The van der Waals surface area contributed by atoms with Crippen molar-refractivity contribution in [2.24, 2.45) is 0 Å². The number of anilines is 1. The number of hydrogen-bond donors (Lipinski definition) is 2. The standard InChI is InChI=1S/C12H13N5O3/c1-16(7-8-5-14-15-6-8)12(18)10-4-9(17(19)20)2-3-11(10)13/h2-6H,7,13H2,1H3,(H,14,15). The van der Waals surface area contributed by atoms with Crippen molar-refractivity contribution >= 4 is 17.3 Å². The molecule has 0 aliphatic carbocycles. The molecular formula is C12H13N5O3. The predicted molar refractivity (Wildman–Crippen MR) is 71.9 cm³/mol.